The lowest BCUT2D eigenvalue weighted by Gasteiger charge is -2.14. The molecule has 0 amide bonds. The maximum absolute atomic E-state index is 12.7. The number of hydrogen-bond acceptors (Lipinski definition) is 1. The molecule has 0 spiro atoms. The van der Waals surface area contributed by atoms with Gasteiger partial charge in [-0.1, -0.05) is 18.2 Å². The van der Waals surface area contributed by atoms with Gasteiger partial charge in [0.15, 0.2) is 0 Å². The maximum atomic E-state index is 12.7. The van der Waals surface area contributed by atoms with Gasteiger partial charge >= 0.3 is 12.1 Å². The van der Waals surface area contributed by atoms with E-state index in [1.165, 1.54) is 25.1 Å². The fraction of sp³-hybridized carbons (Fsp3) is 0.364. The van der Waals surface area contributed by atoms with Crippen molar-refractivity contribution in [1.82, 2.24) is 0 Å². The largest absolute Gasteiger partial charge is 0.481 e. The average molecular weight is 232 g/mol. The zero-order valence-corrected chi connectivity index (χ0v) is 8.64. The van der Waals surface area contributed by atoms with Gasteiger partial charge in [-0.2, -0.15) is 13.2 Å². The van der Waals surface area contributed by atoms with E-state index in [0.717, 1.165) is 0 Å². The number of carboxylic acids is 1. The third-order valence-electron chi connectivity index (χ3n) is 2.25. The molecule has 0 fully saturated rings. The van der Waals surface area contributed by atoms with Crippen LogP contribution in [-0.2, 0) is 17.4 Å². The van der Waals surface area contributed by atoms with Crippen molar-refractivity contribution in [3.63, 3.8) is 0 Å². The Bertz CT molecular complexity index is 397. The highest BCUT2D eigenvalue weighted by Gasteiger charge is 2.34. The monoisotopic (exact) mass is 232 g/mol. The Labute approximate surface area is 90.7 Å². The van der Waals surface area contributed by atoms with Crippen LogP contribution in [0.4, 0.5) is 13.2 Å². The topological polar surface area (TPSA) is 37.3 Å². The summed E-state index contributed by atoms with van der Waals surface area (Å²) >= 11 is 0. The predicted octanol–water partition coefficient (Wildman–Crippen LogP) is 3.03. The van der Waals surface area contributed by atoms with E-state index in [1.807, 2.05) is 0 Å². The molecule has 0 saturated carbocycles. The van der Waals surface area contributed by atoms with Crippen LogP contribution in [0, 0.1) is 6.92 Å². The SMILES string of the molecule is Cc1cccc(CCC(=O)O)c1C(F)(F)F. The Morgan fingerprint density at radius 3 is 2.50 bits per heavy atom. The summed E-state index contributed by atoms with van der Waals surface area (Å²) in [4.78, 5) is 10.3. The standard InChI is InChI=1S/C11H11F3O2/c1-7-3-2-4-8(5-6-9(15)16)10(7)11(12,13)14/h2-4H,5-6H2,1H3,(H,15,16). The van der Waals surface area contributed by atoms with Gasteiger partial charge in [0.05, 0.1) is 5.56 Å². The van der Waals surface area contributed by atoms with Crippen molar-refractivity contribution in [1.29, 1.82) is 0 Å². The molecule has 0 heterocycles. The van der Waals surface area contributed by atoms with Crippen LogP contribution in [0.2, 0.25) is 0 Å². The van der Waals surface area contributed by atoms with Gasteiger partial charge in [0, 0.05) is 6.42 Å². The first kappa shape index (κ1) is 12.5. The molecule has 88 valence electrons. The molecule has 2 nitrogen and oxygen atoms in total. The molecular weight excluding hydrogens is 221 g/mol. The molecule has 5 heteroatoms. The third-order valence-corrected chi connectivity index (χ3v) is 2.25. The molecule has 0 bridgehead atoms. The van der Waals surface area contributed by atoms with Crippen molar-refractivity contribution >= 4 is 5.97 Å². The number of carbonyl (C=O) groups is 1. The highest BCUT2D eigenvalue weighted by atomic mass is 19.4. The second kappa shape index (κ2) is 4.55. The van der Waals surface area contributed by atoms with Gasteiger partial charge in [-0.25, -0.2) is 0 Å². The fourth-order valence-corrected chi connectivity index (χ4v) is 1.58. The van der Waals surface area contributed by atoms with Crippen LogP contribution in [0.15, 0.2) is 18.2 Å². The third kappa shape index (κ3) is 2.98. The molecule has 0 atom stereocenters. The Morgan fingerprint density at radius 2 is 2.00 bits per heavy atom. The second-order valence-corrected chi connectivity index (χ2v) is 3.50. The molecule has 1 N–H and O–H groups in total. The number of benzene rings is 1. The molecule has 0 radical (unpaired) electrons. The summed E-state index contributed by atoms with van der Waals surface area (Å²) in [7, 11) is 0. The highest BCUT2D eigenvalue weighted by molar-refractivity contribution is 5.67. The first-order valence-corrected chi connectivity index (χ1v) is 4.70. The van der Waals surface area contributed by atoms with Crippen molar-refractivity contribution in [3.8, 4) is 0 Å². The molecule has 1 rings (SSSR count). The van der Waals surface area contributed by atoms with Crippen LogP contribution in [0.3, 0.4) is 0 Å². The van der Waals surface area contributed by atoms with Crippen molar-refractivity contribution < 1.29 is 23.1 Å². The molecule has 1 aromatic carbocycles. The first-order valence-electron chi connectivity index (χ1n) is 4.70. The summed E-state index contributed by atoms with van der Waals surface area (Å²) in [5, 5.41) is 8.46. The molecule has 0 aliphatic heterocycles. The smallest absolute Gasteiger partial charge is 0.416 e. The quantitative estimate of drug-likeness (QED) is 0.869. The minimum atomic E-state index is -4.43. The molecule has 0 aliphatic rings. The highest BCUT2D eigenvalue weighted by Crippen LogP contribution is 2.34. The summed E-state index contributed by atoms with van der Waals surface area (Å²) in [5.41, 5.74) is -0.554. The number of halogens is 3. The second-order valence-electron chi connectivity index (χ2n) is 3.50. The number of hydrogen-bond donors (Lipinski definition) is 1. The number of rotatable bonds is 3. The lowest BCUT2D eigenvalue weighted by atomic mass is 9.98. The summed E-state index contributed by atoms with van der Waals surface area (Å²) in [6.07, 6.45) is -4.84. The van der Waals surface area contributed by atoms with E-state index in [2.05, 4.69) is 0 Å². The molecule has 0 aromatic heterocycles. The van der Waals surface area contributed by atoms with Gasteiger partial charge in [-0.05, 0) is 24.5 Å². The summed E-state index contributed by atoms with van der Waals surface area (Å²) in [6, 6.07) is 4.19. The summed E-state index contributed by atoms with van der Waals surface area (Å²) in [5.74, 6) is -1.10. The predicted molar refractivity (Wildman–Crippen MR) is 52.1 cm³/mol. The van der Waals surface area contributed by atoms with Gasteiger partial charge in [0.1, 0.15) is 0 Å². The molecule has 16 heavy (non-hydrogen) atoms. The van der Waals surface area contributed by atoms with Crippen molar-refractivity contribution in [2.75, 3.05) is 0 Å². The number of aliphatic carboxylic acids is 1. The number of alkyl halides is 3. The van der Waals surface area contributed by atoms with Gasteiger partial charge < -0.3 is 5.11 Å². The first-order chi connectivity index (χ1) is 7.32. The lowest BCUT2D eigenvalue weighted by molar-refractivity contribution is -0.140. The normalized spacial score (nSPS) is 11.5. The molecule has 0 aliphatic carbocycles. The molecule has 0 saturated heterocycles. The van der Waals surface area contributed by atoms with Crippen LogP contribution in [0.5, 0.6) is 0 Å². The van der Waals surface area contributed by atoms with Crippen LogP contribution in [0.25, 0.3) is 0 Å². The molecule has 1 aromatic rings. The van der Waals surface area contributed by atoms with E-state index in [9.17, 15) is 18.0 Å². The minimum Gasteiger partial charge on any atom is -0.481 e. The lowest BCUT2D eigenvalue weighted by Crippen LogP contribution is -2.12. The van der Waals surface area contributed by atoms with E-state index in [-0.39, 0.29) is 24.0 Å². The van der Waals surface area contributed by atoms with Crippen molar-refractivity contribution in [3.05, 3.63) is 34.9 Å². The maximum Gasteiger partial charge on any atom is 0.416 e. The van der Waals surface area contributed by atoms with Crippen LogP contribution < -0.4 is 0 Å². The summed E-state index contributed by atoms with van der Waals surface area (Å²) < 4.78 is 38.1. The Morgan fingerprint density at radius 1 is 1.38 bits per heavy atom. The van der Waals surface area contributed by atoms with Crippen LogP contribution >= 0.6 is 0 Å². The Balaban J connectivity index is 3.08. The molecule has 0 unspecified atom stereocenters. The zero-order valence-electron chi connectivity index (χ0n) is 8.64. The van der Waals surface area contributed by atoms with Gasteiger partial charge in [0.2, 0.25) is 0 Å². The number of aryl methyl sites for hydroxylation is 2. The average Bonchev–Trinajstić information content (AvgIpc) is 2.12. The van der Waals surface area contributed by atoms with Gasteiger partial charge in [-0.15, -0.1) is 0 Å². The van der Waals surface area contributed by atoms with Crippen molar-refractivity contribution in [2.45, 2.75) is 25.9 Å². The number of carboxylic acid groups (broad SMARTS) is 1. The van der Waals surface area contributed by atoms with Gasteiger partial charge in [-0.3, -0.25) is 4.79 Å². The van der Waals surface area contributed by atoms with Gasteiger partial charge in [0.25, 0.3) is 0 Å². The summed E-state index contributed by atoms with van der Waals surface area (Å²) in [6.45, 7) is 1.37. The van der Waals surface area contributed by atoms with E-state index in [1.54, 1.807) is 0 Å². The van der Waals surface area contributed by atoms with E-state index in [0.29, 0.717) is 0 Å². The Kier molecular flexibility index (Phi) is 3.57. The molecular formula is C11H11F3O2. The fourth-order valence-electron chi connectivity index (χ4n) is 1.58. The van der Waals surface area contributed by atoms with Crippen LogP contribution in [0.1, 0.15) is 23.1 Å². The van der Waals surface area contributed by atoms with Crippen molar-refractivity contribution in [2.24, 2.45) is 0 Å². The van der Waals surface area contributed by atoms with Crippen LogP contribution in [-0.4, -0.2) is 11.1 Å². The minimum absolute atomic E-state index is 0.0369. The van der Waals surface area contributed by atoms with E-state index < -0.39 is 17.7 Å². The zero-order chi connectivity index (χ0) is 12.3. The Hall–Kier alpha value is -1.52. The van der Waals surface area contributed by atoms with E-state index in [4.69, 9.17) is 5.11 Å². The van der Waals surface area contributed by atoms with E-state index >= 15 is 0 Å².